The van der Waals surface area contributed by atoms with Crippen LogP contribution >= 0.6 is 27.3 Å². The monoisotopic (exact) mass is 353 g/mol. The molecule has 1 heterocycles. The summed E-state index contributed by atoms with van der Waals surface area (Å²) in [6, 6.07) is 8.67. The van der Waals surface area contributed by atoms with Crippen molar-refractivity contribution in [3.63, 3.8) is 0 Å². The average molecular weight is 354 g/mol. The van der Waals surface area contributed by atoms with Gasteiger partial charge >= 0.3 is 0 Å². The number of rotatable bonds is 5. The van der Waals surface area contributed by atoms with Crippen molar-refractivity contribution < 1.29 is 4.74 Å². The van der Waals surface area contributed by atoms with Crippen molar-refractivity contribution in [2.45, 2.75) is 26.8 Å². The Labute approximate surface area is 133 Å². The molecular weight excluding hydrogens is 334 g/mol. The molecule has 0 fully saturated rings. The van der Waals surface area contributed by atoms with Gasteiger partial charge in [-0.25, -0.2) is 0 Å². The van der Waals surface area contributed by atoms with Crippen LogP contribution < -0.4 is 10.1 Å². The van der Waals surface area contributed by atoms with E-state index >= 15 is 0 Å². The van der Waals surface area contributed by atoms with E-state index in [1.807, 2.05) is 37.4 Å². The van der Waals surface area contributed by atoms with E-state index in [-0.39, 0.29) is 6.04 Å². The lowest BCUT2D eigenvalue weighted by molar-refractivity contribution is 0.340. The van der Waals surface area contributed by atoms with E-state index in [0.717, 1.165) is 10.2 Å². The van der Waals surface area contributed by atoms with Gasteiger partial charge in [-0.2, -0.15) is 0 Å². The smallest absolute Gasteiger partial charge is 0.120 e. The minimum atomic E-state index is 0.206. The molecule has 0 saturated carbocycles. The summed E-state index contributed by atoms with van der Waals surface area (Å²) in [5, 5.41) is 3.41. The minimum absolute atomic E-state index is 0.206. The quantitative estimate of drug-likeness (QED) is 0.830. The van der Waals surface area contributed by atoms with E-state index in [1.165, 1.54) is 20.9 Å². The van der Waals surface area contributed by atoms with Gasteiger partial charge in [-0.1, -0.05) is 22.0 Å². The molecule has 1 N–H and O–H groups in total. The summed E-state index contributed by atoms with van der Waals surface area (Å²) in [6.45, 7) is 7.01. The Morgan fingerprint density at radius 1 is 1.30 bits per heavy atom. The van der Waals surface area contributed by atoms with Crippen LogP contribution in [0.1, 0.15) is 33.8 Å². The van der Waals surface area contributed by atoms with Gasteiger partial charge in [-0.3, -0.25) is 0 Å². The lowest BCUT2D eigenvalue weighted by Crippen LogP contribution is -2.17. The zero-order valence-electron chi connectivity index (χ0n) is 12.3. The fourth-order valence-corrected chi connectivity index (χ4v) is 3.95. The maximum Gasteiger partial charge on any atom is 0.120 e. The number of thiophene rings is 1. The first-order chi connectivity index (χ1) is 9.56. The van der Waals surface area contributed by atoms with Gasteiger partial charge in [0.2, 0.25) is 0 Å². The molecule has 0 aliphatic rings. The van der Waals surface area contributed by atoms with Gasteiger partial charge < -0.3 is 10.1 Å². The topological polar surface area (TPSA) is 21.3 Å². The maximum absolute atomic E-state index is 5.54. The van der Waals surface area contributed by atoms with E-state index in [2.05, 4.69) is 47.2 Å². The van der Waals surface area contributed by atoms with E-state index in [0.29, 0.717) is 6.61 Å². The van der Waals surface area contributed by atoms with Crippen LogP contribution in [0, 0.1) is 13.8 Å². The molecule has 1 aromatic heterocycles. The number of aryl methyl sites for hydroxylation is 2. The van der Waals surface area contributed by atoms with Crippen LogP contribution in [-0.4, -0.2) is 13.7 Å². The highest BCUT2D eigenvalue weighted by atomic mass is 79.9. The normalized spacial score (nSPS) is 12.4. The summed E-state index contributed by atoms with van der Waals surface area (Å²) < 4.78 is 6.61. The van der Waals surface area contributed by atoms with Crippen LogP contribution in [0.2, 0.25) is 0 Å². The number of halogens is 1. The highest BCUT2D eigenvalue weighted by Gasteiger charge is 2.18. The molecule has 0 spiro atoms. The summed E-state index contributed by atoms with van der Waals surface area (Å²) in [7, 11) is 2.00. The van der Waals surface area contributed by atoms with Gasteiger partial charge in [0.1, 0.15) is 5.75 Å². The Morgan fingerprint density at radius 3 is 2.55 bits per heavy atom. The van der Waals surface area contributed by atoms with Crippen LogP contribution in [0.3, 0.4) is 0 Å². The molecule has 2 rings (SSSR count). The van der Waals surface area contributed by atoms with Crippen molar-refractivity contribution in [2.24, 2.45) is 0 Å². The lowest BCUT2D eigenvalue weighted by atomic mass is 10.0. The van der Waals surface area contributed by atoms with Gasteiger partial charge in [-0.05, 0) is 57.1 Å². The molecular formula is C16H20BrNOS. The number of hydrogen-bond acceptors (Lipinski definition) is 3. The van der Waals surface area contributed by atoms with Gasteiger partial charge in [-0.15, -0.1) is 11.3 Å². The minimum Gasteiger partial charge on any atom is -0.494 e. The third-order valence-corrected chi connectivity index (χ3v) is 5.26. The molecule has 20 heavy (non-hydrogen) atoms. The summed E-state index contributed by atoms with van der Waals surface area (Å²) in [5.74, 6) is 0.900. The maximum atomic E-state index is 5.54. The molecule has 1 aromatic carbocycles. The van der Waals surface area contributed by atoms with Crippen LogP contribution in [0.25, 0.3) is 0 Å². The van der Waals surface area contributed by atoms with Crippen molar-refractivity contribution in [1.29, 1.82) is 0 Å². The predicted octanol–water partition coefficient (Wildman–Crippen LogP) is 4.83. The van der Waals surface area contributed by atoms with E-state index in [4.69, 9.17) is 4.74 Å². The van der Waals surface area contributed by atoms with E-state index in [1.54, 1.807) is 0 Å². The van der Waals surface area contributed by atoms with Crippen LogP contribution in [0.15, 0.2) is 28.7 Å². The van der Waals surface area contributed by atoms with Gasteiger partial charge in [0.25, 0.3) is 0 Å². The number of nitrogens with one attached hydrogen (secondary N) is 1. The lowest BCUT2D eigenvalue weighted by Gasteiger charge is -2.17. The number of ether oxygens (including phenoxy) is 1. The second kappa shape index (κ2) is 6.74. The molecule has 0 bridgehead atoms. The SMILES string of the molecule is CCOc1ccc(C(NC)c2cc(C)c(C)s2)c(Br)c1. The summed E-state index contributed by atoms with van der Waals surface area (Å²) in [5.41, 5.74) is 2.59. The van der Waals surface area contributed by atoms with Crippen molar-refractivity contribution in [3.8, 4) is 5.75 Å². The number of hydrogen-bond donors (Lipinski definition) is 1. The summed E-state index contributed by atoms with van der Waals surface area (Å²) >= 11 is 5.52. The molecule has 1 unspecified atom stereocenters. The Hall–Kier alpha value is -0.840. The van der Waals surface area contributed by atoms with Crippen molar-refractivity contribution in [1.82, 2.24) is 5.32 Å². The molecule has 0 aliphatic heterocycles. The zero-order chi connectivity index (χ0) is 14.7. The highest BCUT2D eigenvalue weighted by molar-refractivity contribution is 9.10. The average Bonchev–Trinajstić information content (AvgIpc) is 2.73. The zero-order valence-corrected chi connectivity index (χ0v) is 14.7. The fraction of sp³-hybridized carbons (Fsp3) is 0.375. The third-order valence-electron chi connectivity index (χ3n) is 3.35. The molecule has 1 atom stereocenters. The second-order valence-corrected chi connectivity index (χ2v) is 6.87. The van der Waals surface area contributed by atoms with Crippen LogP contribution in [0.5, 0.6) is 5.75 Å². The Bertz CT molecular complexity index is 575. The molecule has 0 aliphatic carbocycles. The van der Waals surface area contributed by atoms with Crippen LogP contribution in [-0.2, 0) is 0 Å². The fourth-order valence-electron chi connectivity index (χ4n) is 2.19. The summed E-state index contributed by atoms with van der Waals surface area (Å²) in [4.78, 5) is 2.72. The Morgan fingerprint density at radius 2 is 2.05 bits per heavy atom. The first-order valence-electron chi connectivity index (χ1n) is 6.73. The van der Waals surface area contributed by atoms with Crippen molar-refractivity contribution >= 4 is 27.3 Å². The molecule has 2 nitrogen and oxygen atoms in total. The highest BCUT2D eigenvalue weighted by Crippen LogP contribution is 2.35. The first kappa shape index (κ1) is 15.5. The summed E-state index contributed by atoms with van der Waals surface area (Å²) in [6.07, 6.45) is 0. The molecule has 0 radical (unpaired) electrons. The third kappa shape index (κ3) is 3.25. The predicted molar refractivity (Wildman–Crippen MR) is 90.0 cm³/mol. The first-order valence-corrected chi connectivity index (χ1v) is 8.34. The van der Waals surface area contributed by atoms with Crippen molar-refractivity contribution in [3.05, 3.63) is 49.6 Å². The van der Waals surface area contributed by atoms with Crippen LogP contribution in [0.4, 0.5) is 0 Å². The van der Waals surface area contributed by atoms with E-state index < -0.39 is 0 Å². The second-order valence-electron chi connectivity index (χ2n) is 4.73. The molecule has 0 saturated heterocycles. The standard InChI is InChI=1S/C16H20BrNOS/c1-5-19-12-6-7-13(14(17)9-12)16(18-4)15-8-10(2)11(3)20-15/h6-9,16,18H,5H2,1-4H3. The number of benzene rings is 1. The molecule has 108 valence electrons. The van der Waals surface area contributed by atoms with Gasteiger partial charge in [0.15, 0.2) is 0 Å². The Kier molecular flexibility index (Phi) is 5.24. The largest absolute Gasteiger partial charge is 0.494 e. The van der Waals surface area contributed by atoms with Gasteiger partial charge in [0.05, 0.1) is 12.6 Å². The Balaban J connectivity index is 2.36. The molecule has 2 aromatic rings. The molecule has 0 amide bonds. The van der Waals surface area contributed by atoms with E-state index in [9.17, 15) is 0 Å². The van der Waals surface area contributed by atoms with Gasteiger partial charge in [0, 0.05) is 14.2 Å². The molecule has 4 heteroatoms. The van der Waals surface area contributed by atoms with Crippen molar-refractivity contribution in [2.75, 3.05) is 13.7 Å².